The van der Waals surface area contributed by atoms with Crippen LogP contribution in [0.2, 0.25) is 0 Å². The summed E-state index contributed by atoms with van der Waals surface area (Å²) in [5, 5.41) is 3.55. The number of nitrogens with zero attached hydrogens (tertiary/aromatic N) is 1. The highest BCUT2D eigenvalue weighted by atomic mass is 32.1. The highest BCUT2D eigenvalue weighted by Crippen LogP contribution is 2.40. The first kappa shape index (κ1) is 22.4. The fourth-order valence-corrected chi connectivity index (χ4v) is 5.49. The third-order valence-corrected chi connectivity index (χ3v) is 7.33. The van der Waals surface area contributed by atoms with E-state index in [0.717, 1.165) is 39.3 Å². The lowest BCUT2D eigenvalue weighted by atomic mass is 10.1. The van der Waals surface area contributed by atoms with Crippen LogP contribution in [0, 0.1) is 6.92 Å². The van der Waals surface area contributed by atoms with E-state index in [2.05, 4.69) is 5.32 Å². The molecule has 2 aliphatic heterocycles. The van der Waals surface area contributed by atoms with Crippen molar-refractivity contribution in [3.05, 3.63) is 76.9 Å². The molecule has 3 heterocycles. The molecule has 0 unspecified atom stereocenters. The van der Waals surface area contributed by atoms with Crippen molar-refractivity contribution in [1.82, 2.24) is 4.90 Å². The van der Waals surface area contributed by atoms with Crippen LogP contribution in [0.15, 0.2) is 54.6 Å². The van der Waals surface area contributed by atoms with Gasteiger partial charge in [-0.25, -0.2) is 0 Å². The van der Waals surface area contributed by atoms with Gasteiger partial charge in [-0.05, 0) is 47.4 Å². The van der Waals surface area contributed by atoms with E-state index in [0.29, 0.717) is 43.5 Å². The predicted molar refractivity (Wildman–Crippen MR) is 135 cm³/mol. The number of fused-ring (bicyclic) bond motifs is 1. The van der Waals surface area contributed by atoms with Gasteiger partial charge in [0.05, 0.1) is 25.4 Å². The summed E-state index contributed by atoms with van der Waals surface area (Å²) in [6.45, 7) is 4.79. The number of nitrogens with one attached hydrogen (secondary N) is 1. The Morgan fingerprint density at radius 3 is 2.65 bits per heavy atom. The molecule has 5 rings (SSSR count). The Labute approximate surface area is 202 Å². The molecular weight excluding hydrogens is 448 g/mol. The molecule has 34 heavy (non-hydrogen) atoms. The Bertz CT molecular complexity index is 1240. The molecule has 7 heteroatoms. The van der Waals surface area contributed by atoms with Crippen molar-refractivity contribution in [3.63, 3.8) is 0 Å². The molecule has 1 saturated heterocycles. The minimum absolute atomic E-state index is 0.0721. The SMILES string of the molecule is Cc1c(-c2ccccc2)sc(NC(=O)/C=C/c2ccc3c(c2)CCO3)c1C(=O)N1CCOCC1. The standard InChI is InChI=1S/C27H26N2O4S/c1-18-24(27(31)29-12-15-32-16-13-29)26(34-25(18)20-5-3-2-4-6-20)28-23(30)10-8-19-7-9-22-21(17-19)11-14-33-22/h2-10,17H,11-16H2,1H3,(H,28,30)/b10-8+. The maximum Gasteiger partial charge on any atom is 0.257 e. The van der Waals surface area contributed by atoms with Crippen LogP contribution in [0.25, 0.3) is 16.5 Å². The normalized spacial score (nSPS) is 15.3. The second kappa shape index (κ2) is 9.83. The number of benzene rings is 2. The van der Waals surface area contributed by atoms with E-state index in [4.69, 9.17) is 9.47 Å². The number of carbonyl (C=O) groups is 2. The number of amides is 2. The van der Waals surface area contributed by atoms with Crippen molar-refractivity contribution in [1.29, 1.82) is 0 Å². The maximum absolute atomic E-state index is 13.5. The maximum atomic E-state index is 13.5. The zero-order valence-corrected chi connectivity index (χ0v) is 19.8. The van der Waals surface area contributed by atoms with Crippen molar-refractivity contribution in [2.75, 3.05) is 38.2 Å². The second-order valence-electron chi connectivity index (χ2n) is 8.32. The summed E-state index contributed by atoms with van der Waals surface area (Å²) in [5.41, 5.74) is 4.56. The number of carbonyl (C=O) groups excluding carboxylic acids is 2. The molecule has 0 atom stereocenters. The van der Waals surface area contributed by atoms with Crippen LogP contribution in [0.5, 0.6) is 5.75 Å². The molecule has 1 fully saturated rings. The molecule has 0 radical (unpaired) electrons. The summed E-state index contributed by atoms with van der Waals surface area (Å²) < 4.78 is 11.0. The average Bonchev–Trinajstić information content (AvgIpc) is 3.47. The van der Waals surface area contributed by atoms with Gasteiger partial charge in [0.25, 0.3) is 5.91 Å². The van der Waals surface area contributed by atoms with Crippen molar-refractivity contribution in [2.24, 2.45) is 0 Å². The smallest absolute Gasteiger partial charge is 0.257 e. The van der Waals surface area contributed by atoms with Gasteiger partial charge in [-0.15, -0.1) is 11.3 Å². The third kappa shape index (κ3) is 4.62. The molecule has 2 aromatic carbocycles. The first-order chi connectivity index (χ1) is 16.6. The molecule has 6 nitrogen and oxygen atoms in total. The second-order valence-corrected chi connectivity index (χ2v) is 9.34. The van der Waals surface area contributed by atoms with E-state index >= 15 is 0 Å². The van der Waals surface area contributed by atoms with E-state index in [-0.39, 0.29) is 11.8 Å². The number of rotatable bonds is 5. The quantitative estimate of drug-likeness (QED) is 0.541. The molecule has 0 aliphatic carbocycles. The summed E-state index contributed by atoms with van der Waals surface area (Å²) in [6, 6.07) is 15.9. The minimum Gasteiger partial charge on any atom is -0.493 e. The van der Waals surface area contributed by atoms with Gasteiger partial charge in [-0.3, -0.25) is 9.59 Å². The number of hydrogen-bond donors (Lipinski definition) is 1. The molecule has 174 valence electrons. The van der Waals surface area contributed by atoms with Crippen LogP contribution < -0.4 is 10.1 Å². The highest BCUT2D eigenvalue weighted by Gasteiger charge is 2.27. The van der Waals surface area contributed by atoms with Crippen LogP contribution in [-0.4, -0.2) is 49.6 Å². The first-order valence-corrected chi connectivity index (χ1v) is 12.2. The van der Waals surface area contributed by atoms with Crippen LogP contribution in [-0.2, 0) is 16.0 Å². The fourth-order valence-electron chi connectivity index (χ4n) is 4.28. The van der Waals surface area contributed by atoms with E-state index in [1.165, 1.54) is 17.4 Å². The molecule has 2 aliphatic rings. The highest BCUT2D eigenvalue weighted by molar-refractivity contribution is 7.20. The lowest BCUT2D eigenvalue weighted by Crippen LogP contribution is -2.41. The number of anilines is 1. The fraction of sp³-hybridized carbons (Fsp3) is 0.259. The van der Waals surface area contributed by atoms with Gasteiger partial charge in [-0.1, -0.05) is 36.4 Å². The lowest BCUT2D eigenvalue weighted by Gasteiger charge is -2.27. The summed E-state index contributed by atoms with van der Waals surface area (Å²) in [5.74, 6) is 0.571. The van der Waals surface area contributed by atoms with Crippen LogP contribution >= 0.6 is 11.3 Å². The topological polar surface area (TPSA) is 67.9 Å². The molecule has 1 N–H and O–H groups in total. The molecule has 1 aromatic heterocycles. The van der Waals surface area contributed by atoms with Crippen molar-refractivity contribution in [2.45, 2.75) is 13.3 Å². The van der Waals surface area contributed by atoms with Crippen LogP contribution in [0.1, 0.15) is 27.0 Å². The van der Waals surface area contributed by atoms with Gasteiger partial charge in [0.15, 0.2) is 0 Å². The average molecular weight is 475 g/mol. The lowest BCUT2D eigenvalue weighted by molar-refractivity contribution is -0.111. The monoisotopic (exact) mass is 474 g/mol. The van der Waals surface area contributed by atoms with E-state index < -0.39 is 0 Å². The van der Waals surface area contributed by atoms with Crippen LogP contribution in [0.3, 0.4) is 0 Å². The Morgan fingerprint density at radius 1 is 1.06 bits per heavy atom. The number of hydrogen-bond acceptors (Lipinski definition) is 5. The van der Waals surface area contributed by atoms with Gasteiger partial charge in [0.2, 0.25) is 5.91 Å². The van der Waals surface area contributed by atoms with Gasteiger partial charge in [-0.2, -0.15) is 0 Å². The molecule has 0 bridgehead atoms. The Kier molecular flexibility index (Phi) is 6.47. The van der Waals surface area contributed by atoms with Gasteiger partial charge in [0, 0.05) is 30.5 Å². The van der Waals surface area contributed by atoms with E-state index in [1.807, 2.05) is 55.5 Å². The van der Waals surface area contributed by atoms with Crippen molar-refractivity contribution >= 4 is 34.2 Å². The largest absolute Gasteiger partial charge is 0.493 e. The molecule has 3 aromatic rings. The Morgan fingerprint density at radius 2 is 1.85 bits per heavy atom. The van der Waals surface area contributed by atoms with E-state index in [1.54, 1.807) is 11.0 Å². The molecule has 0 saturated carbocycles. The number of thiophene rings is 1. The third-order valence-electron chi connectivity index (χ3n) is 6.07. The Hall–Kier alpha value is -3.42. The predicted octanol–water partition coefficient (Wildman–Crippen LogP) is 4.78. The molecule has 2 amide bonds. The summed E-state index contributed by atoms with van der Waals surface area (Å²) in [4.78, 5) is 29.1. The minimum atomic E-state index is -0.270. The zero-order valence-electron chi connectivity index (χ0n) is 19.0. The molecule has 0 spiro atoms. The van der Waals surface area contributed by atoms with Crippen molar-refractivity contribution < 1.29 is 19.1 Å². The number of ether oxygens (including phenoxy) is 2. The summed E-state index contributed by atoms with van der Waals surface area (Å²) in [7, 11) is 0. The molecular formula is C27H26N2O4S. The number of morpholine rings is 1. The van der Waals surface area contributed by atoms with E-state index in [9.17, 15) is 9.59 Å². The summed E-state index contributed by atoms with van der Waals surface area (Å²) >= 11 is 1.44. The first-order valence-electron chi connectivity index (χ1n) is 11.4. The van der Waals surface area contributed by atoms with Crippen LogP contribution in [0.4, 0.5) is 5.00 Å². The Balaban J connectivity index is 1.42. The van der Waals surface area contributed by atoms with Gasteiger partial charge < -0.3 is 19.7 Å². The van der Waals surface area contributed by atoms with Gasteiger partial charge in [0.1, 0.15) is 10.8 Å². The summed E-state index contributed by atoms with van der Waals surface area (Å²) in [6.07, 6.45) is 4.18. The van der Waals surface area contributed by atoms with Gasteiger partial charge >= 0.3 is 0 Å². The van der Waals surface area contributed by atoms with Crippen molar-refractivity contribution in [3.8, 4) is 16.2 Å². The zero-order chi connectivity index (χ0) is 23.5.